The topological polar surface area (TPSA) is 55.8 Å². The Hall–Kier alpha value is -0.610. The highest BCUT2D eigenvalue weighted by molar-refractivity contribution is 5.80. The van der Waals surface area contributed by atoms with E-state index in [-0.39, 0.29) is 17.9 Å². The highest BCUT2D eigenvalue weighted by atomic mass is 16.5. The Bertz CT molecular complexity index is 245. The van der Waals surface area contributed by atoms with Gasteiger partial charge in [-0.3, -0.25) is 0 Å². The lowest BCUT2D eigenvalue weighted by Gasteiger charge is -2.45. The van der Waals surface area contributed by atoms with E-state index < -0.39 is 11.6 Å². The van der Waals surface area contributed by atoms with Crippen molar-refractivity contribution in [3.63, 3.8) is 0 Å². The van der Waals surface area contributed by atoms with E-state index in [1.165, 1.54) is 7.11 Å². The second-order valence-corrected chi connectivity index (χ2v) is 4.72. The molecule has 0 saturated heterocycles. The molecule has 1 aliphatic carbocycles. The van der Waals surface area contributed by atoms with Crippen LogP contribution in [0, 0.1) is 11.8 Å². The molecule has 0 aliphatic heterocycles. The van der Waals surface area contributed by atoms with E-state index in [1.54, 1.807) is 0 Å². The normalized spacial score (nSPS) is 28.4. The Morgan fingerprint density at radius 3 is 2.44 bits per heavy atom. The lowest BCUT2D eigenvalue weighted by molar-refractivity contribution is -0.190. The molecule has 0 bridgehead atoms. The van der Waals surface area contributed by atoms with Crippen LogP contribution in [0.1, 0.15) is 33.6 Å². The summed E-state index contributed by atoms with van der Waals surface area (Å²) in [6.07, 6.45) is 1.65. The van der Waals surface area contributed by atoms with Crippen LogP contribution >= 0.6 is 0 Å². The van der Waals surface area contributed by atoms with Crippen LogP contribution in [0.2, 0.25) is 0 Å². The van der Waals surface area contributed by atoms with Gasteiger partial charge in [0.25, 0.3) is 0 Å². The van der Waals surface area contributed by atoms with E-state index in [2.05, 4.69) is 0 Å². The van der Waals surface area contributed by atoms with Crippen LogP contribution in [0.25, 0.3) is 0 Å². The minimum absolute atomic E-state index is 0.0449. The summed E-state index contributed by atoms with van der Waals surface area (Å²) in [5.74, 6) is -0.716. The summed E-state index contributed by atoms with van der Waals surface area (Å²) in [4.78, 5) is 11.7. The van der Waals surface area contributed by atoms with Crippen LogP contribution in [-0.2, 0) is 14.3 Å². The van der Waals surface area contributed by atoms with Gasteiger partial charge in [0, 0.05) is 12.5 Å². The Labute approximate surface area is 96.9 Å². The zero-order valence-electron chi connectivity index (χ0n) is 10.5. The monoisotopic (exact) mass is 230 g/mol. The molecule has 1 rings (SSSR count). The Morgan fingerprint density at radius 2 is 2.06 bits per heavy atom. The summed E-state index contributed by atoms with van der Waals surface area (Å²) < 4.78 is 10.1. The molecule has 16 heavy (non-hydrogen) atoms. The van der Waals surface area contributed by atoms with E-state index in [9.17, 15) is 9.90 Å². The van der Waals surface area contributed by atoms with Gasteiger partial charge in [0.2, 0.25) is 0 Å². The lowest BCUT2D eigenvalue weighted by atomic mass is 9.66. The minimum Gasteiger partial charge on any atom is -0.467 e. The Morgan fingerprint density at radius 1 is 1.50 bits per heavy atom. The van der Waals surface area contributed by atoms with Crippen molar-refractivity contribution < 1.29 is 19.4 Å². The molecule has 1 atom stereocenters. The van der Waals surface area contributed by atoms with Crippen LogP contribution in [0.15, 0.2) is 0 Å². The number of methoxy groups -OCH3 is 1. The summed E-state index contributed by atoms with van der Waals surface area (Å²) in [6, 6.07) is 0. The fourth-order valence-electron chi connectivity index (χ4n) is 2.33. The van der Waals surface area contributed by atoms with E-state index in [0.29, 0.717) is 6.61 Å². The molecule has 0 aromatic carbocycles. The number of rotatable bonds is 5. The second-order valence-electron chi connectivity index (χ2n) is 4.72. The minimum atomic E-state index is -1.36. The molecular weight excluding hydrogens is 208 g/mol. The van der Waals surface area contributed by atoms with Crippen molar-refractivity contribution in [1.29, 1.82) is 0 Å². The number of carbonyl (C=O) groups is 1. The smallest absolute Gasteiger partial charge is 0.338 e. The Kier molecular flexibility index (Phi) is 4.33. The average molecular weight is 230 g/mol. The van der Waals surface area contributed by atoms with Crippen LogP contribution in [0.5, 0.6) is 0 Å². The molecular formula is C12H22O4. The number of hydrogen-bond acceptors (Lipinski definition) is 4. The van der Waals surface area contributed by atoms with Gasteiger partial charge in [-0.05, 0) is 25.7 Å². The van der Waals surface area contributed by atoms with Crippen molar-refractivity contribution in [2.24, 2.45) is 11.8 Å². The van der Waals surface area contributed by atoms with Crippen molar-refractivity contribution in [2.75, 3.05) is 13.7 Å². The molecule has 0 aromatic rings. The van der Waals surface area contributed by atoms with Gasteiger partial charge in [0.1, 0.15) is 0 Å². The van der Waals surface area contributed by atoms with Crippen molar-refractivity contribution >= 4 is 5.97 Å². The fourth-order valence-corrected chi connectivity index (χ4v) is 2.33. The molecule has 1 N–H and O–H groups in total. The number of aliphatic hydroxyl groups is 1. The predicted molar refractivity (Wildman–Crippen MR) is 59.9 cm³/mol. The molecule has 4 nitrogen and oxygen atoms in total. The molecule has 1 saturated carbocycles. The largest absolute Gasteiger partial charge is 0.467 e. The van der Waals surface area contributed by atoms with Gasteiger partial charge < -0.3 is 14.6 Å². The molecule has 0 radical (unpaired) electrons. The number of carbonyl (C=O) groups excluding carboxylic acids is 1. The third-order valence-corrected chi connectivity index (χ3v) is 3.51. The quantitative estimate of drug-likeness (QED) is 0.725. The SMILES string of the molecule is CCOC1CC(C(O)(C(=O)OC)C(C)C)C1. The predicted octanol–water partition coefficient (Wildman–Crippen LogP) is 1.36. The van der Waals surface area contributed by atoms with Crippen molar-refractivity contribution in [3.8, 4) is 0 Å². The number of esters is 1. The summed E-state index contributed by atoms with van der Waals surface area (Å²) in [5.41, 5.74) is -1.36. The molecule has 0 heterocycles. The van der Waals surface area contributed by atoms with Crippen LogP contribution in [0.3, 0.4) is 0 Å². The van der Waals surface area contributed by atoms with Gasteiger partial charge >= 0.3 is 5.97 Å². The fraction of sp³-hybridized carbons (Fsp3) is 0.917. The first-order valence-corrected chi connectivity index (χ1v) is 5.89. The molecule has 0 spiro atoms. The highest BCUT2D eigenvalue weighted by Gasteiger charge is 2.52. The third kappa shape index (κ3) is 2.23. The summed E-state index contributed by atoms with van der Waals surface area (Å²) in [6.45, 7) is 6.30. The first-order valence-electron chi connectivity index (χ1n) is 5.89. The van der Waals surface area contributed by atoms with Crippen molar-refractivity contribution in [1.82, 2.24) is 0 Å². The van der Waals surface area contributed by atoms with E-state index in [1.807, 2.05) is 20.8 Å². The summed E-state index contributed by atoms with van der Waals surface area (Å²) in [5, 5.41) is 10.4. The average Bonchev–Trinajstić information content (AvgIpc) is 2.20. The van der Waals surface area contributed by atoms with Gasteiger partial charge in [0.05, 0.1) is 13.2 Å². The first kappa shape index (κ1) is 13.5. The van der Waals surface area contributed by atoms with Crippen LogP contribution < -0.4 is 0 Å². The molecule has 1 aliphatic rings. The second kappa shape index (κ2) is 5.15. The zero-order valence-corrected chi connectivity index (χ0v) is 10.5. The molecule has 94 valence electrons. The molecule has 0 aromatic heterocycles. The number of hydrogen-bond donors (Lipinski definition) is 1. The van der Waals surface area contributed by atoms with Gasteiger partial charge in [-0.25, -0.2) is 4.79 Å². The van der Waals surface area contributed by atoms with Crippen molar-refractivity contribution in [2.45, 2.75) is 45.3 Å². The van der Waals surface area contributed by atoms with E-state index in [4.69, 9.17) is 9.47 Å². The highest BCUT2D eigenvalue weighted by Crippen LogP contribution is 2.42. The van der Waals surface area contributed by atoms with Gasteiger partial charge in [-0.1, -0.05) is 13.8 Å². The van der Waals surface area contributed by atoms with Gasteiger partial charge in [-0.15, -0.1) is 0 Å². The van der Waals surface area contributed by atoms with Crippen molar-refractivity contribution in [3.05, 3.63) is 0 Å². The molecule has 1 unspecified atom stereocenters. The maximum atomic E-state index is 11.7. The number of ether oxygens (including phenoxy) is 2. The van der Waals surface area contributed by atoms with E-state index in [0.717, 1.165) is 12.8 Å². The first-order chi connectivity index (χ1) is 7.46. The molecule has 1 fully saturated rings. The maximum absolute atomic E-state index is 11.7. The van der Waals surface area contributed by atoms with Gasteiger partial charge in [0.15, 0.2) is 5.60 Å². The zero-order chi connectivity index (χ0) is 12.3. The summed E-state index contributed by atoms with van der Waals surface area (Å²) >= 11 is 0. The van der Waals surface area contributed by atoms with Gasteiger partial charge in [-0.2, -0.15) is 0 Å². The molecule has 0 amide bonds. The molecule has 4 heteroatoms. The Balaban J connectivity index is 2.64. The van der Waals surface area contributed by atoms with E-state index >= 15 is 0 Å². The third-order valence-electron chi connectivity index (χ3n) is 3.51. The summed E-state index contributed by atoms with van der Waals surface area (Å²) in [7, 11) is 1.31. The van der Waals surface area contributed by atoms with Crippen LogP contribution in [0.4, 0.5) is 0 Å². The van der Waals surface area contributed by atoms with Crippen LogP contribution in [-0.4, -0.2) is 36.5 Å². The maximum Gasteiger partial charge on any atom is 0.338 e. The standard InChI is InChI=1S/C12H22O4/c1-5-16-10-6-9(7-10)12(14,8(2)3)11(13)15-4/h8-10,14H,5-7H2,1-4H3. The lowest BCUT2D eigenvalue weighted by Crippen LogP contribution is -2.56.